The normalized spacial score (nSPS) is 10.9. The first-order chi connectivity index (χ1) is 17.2. The van der Waals surface area contributed by atoms with E-state index in [4.69, 9.17) is 25.5 Å². The van der Waals surface area contributed by atoms with Gasteiger partial charge in [-0.1, -0.05) is 11.6 Å². The quantitative estimate of drug-likeness (QED) is 0.310. The van der Waals surface area contributed by atoms with Crippen LogP contribution in [0, 0.1) is 13.8 Å². The van der Waals surface area contributed by atoms with Gasteiger partial charge in [-0.15, -0.1) is 11.3 Å². The number of anilines is 1. The van der Waals surface area contributed by atoms with Gasteiger partial charge in [0.1, 0.15) is 5.58 Å². The minimum atomic E-state index is -0.520. The smallest absolute Gasteiger partial charge is 0.311 e. The van der Waals surface area contributed by atoms with E-state index in [1.54, 1.807) is 48.7 Å². The highest BCUT2D eigenvalue weighted by Crippen LogP contribution is 2.32. The molecule has 0 aliphatic carbocycles. The number of rotatable bonds is 8. The molecule has 0 atom stereocenters. The zero-order chi connectivity index (χ0) is 25.8. The predicted octanol–water partition coefficient (Wildman–Crippen LogP) is 5.31. The molecule has 186 valence electrons. The van der Waals surface area contributed by atoms with Crippen molar-refractivity contribution in [2.45, 2.75) is 27.2 Å². The summed E-state index contributed by atoms with van der Waals surface area (Å²) in [6.45, 7) is 5.39. The van der Waals surface area contributed by atoms with E-state index in [-0.39, 0.29) is 30.0 Å². The Labute approximate surface area is 215 Å². The van der Waals surface area contributed by atoms with Crippen molar-refractivity contribution >= 4 is 50.9 Å². The molecule has 0 unspecified atom stereocenters. The van der Waals surface area contributed by atoms with Crippen LogP contribution < -0.4 is 15.5 Å². The van der Waals surface area contributed by atoms with Crippen molar-refractivity contribution < 1.29 is 23.5 Å². The first kappa shape index (κ1) is 25.4. The van der Waals surface area contributed by atoms with E-state index in [1.165, 1.54) is 11.3 Å². The third-order valence-corrected chi connectivity index (χ3v) is 6.41. The maximum absolute atomic E-state index is 13.4. The van der Waals surface area contributed by atoms with Gasteiger partial charge in [0.05, 0.1) is 24.1 Å². The summed E-state index contributed by atoms with van der Waals surface area (Å²) in [6, 6.07) is 10.3. The number of nitrogens with one attached hydrogen (secondary N) is 1. The zero-order valence-corrected chi connectivity index (χ0v) is 21.4. The molecule has 0 fully saturated rings. The molecule has 0 spiro atoms. The van der Waals surface area contributed by atoms with Gasteiger partial charge in [-0.2, -0.15) is 0 Å². The summed E-state index contributed by atoms with van der Waals surface area (Å²) in [5, 5.41) is 5.47. The summed E-state index contributed by atoms with van der Waals surface area (Å²) in [5.74, 6) is -0.794. The Morgan fingerprint density at radius 2 is 1.86 bits per heavy atom. The first-order valence-electron chi connectivity index (χ1n) is 11.1. The molecule has 0 aliphatic heterocycles. The number of thiazole rings is 1. The number of carbonyl (C=O) groups is 2. The van der Waals surface area contributed by atoms with Crippen molar-refractivity contribution in [3.8, 4) is 17.1 Å². The minimum Gasteiger partial charge on any atom is -0.476 e. The van der Waals surface area contributed by atoms with Crippen LogP contribution in [-0.2, 0) is 20.7 Å². The second-order valence-corrected chi connectivity index (χ2v) is 9.29. The third-order valence-electron chi connectivity index (χ3n) is 5.35. The molecule has 8 nitrogen and oxygen atoms in total. The van der Waals surface area contributed by atoms with Crippen molar-refractivity contribution in [1.29, 1.82) is 0 Å². The molecule has 0 radical (unpaired) electrons. The third kappa shape index (κ3) is 5.75. The summed E-state index contributed by atoms with van der Waals surface area (Å²) in [4.78, 5) is 41.8. The fraction of sp³-hybridized carbons (Fsp3) is 0.231. The number of amides is 1. The number of esters is 1. The van der Waals surface area contributed by atoms with E-state index >= 15 is 0 Å². The molecular formula is C26H23ClN2O6S. The van der Waals surface area contributed by atoms with Crippen molar-refractivity contribution in [2.24, 2.45) is 0 Å². The fourth-order valence-electron chi connectivity index (χ4n) is 3.45. The molecule has 2 heterocycles. The number of nitrogens with zero attached hydrogens (tertiary/aromatic N) is 1. The second-order valence-electron chi connectivity index (χ2n) is 7.99. The standard InChI is InChI=1S/C26H23ClN2O6S/c1-4-33-22(31)11-18-13-36-26(28-18)29-21(30)12-34-25-23(32)19-9-14(2)15(3)10-20(19)35-24(25)16-5-7-17(27)8-6-16/h5-10,13H,4,11-12H2,1-3H3,(H,28,29,30). The molecule has 0 bridgehead atoms. The van der Waals surface area contributed by atoms with Crippen LogP contribution in [0.4, 0.5) is 5.13 Å². The van der Waals surface area contributed by atoms with E-state index in [2.05, 4.69) is 10.3 Å². The molecular weight excluding hydrogens is 504 g/mol. The molecule has 1 amide bonds. The van der Waals surface area contributed by atoms with Crippen molar-refractivity contribution in [1.82, 2.24) is 4.98 Å². The van der Waals surface area contributed by atoms with Crippen molar-refractivity contribution in [2.75, 3.05) is 18.5 Å². The van der Waals surface area contributed by atoms with Gasteiger partial charge >= 0.3 is 5.97 Å². The Hall–Kier alpha value is -3.69. The maximum atomic E-state index is 13.4. The Morgan fingerprint density at radius 1 is 1.14 bits per heavy atom. The van der Waals surface area contributed by atoms with E-state index in [1.807, 2.05) is 13.8 Å². The number of carbonyl (C=O) groups excluding carboxylic acids is 2. The summed E-state index contributed by atoms with van der Waals surface area (Å²) < 4.78 is 16.7. The predicted molar refractivity (Wildman–Crippen MR) is 139 cm³/mol. The number of fused-ring (bicyclic) bond motifs is 1. The fourth-order valence-corrected chi connectivity index (χ4v) is 4.31. The highest BCUT2D eigenvalue weighted by Gasteiger charge is 2.20. The van der Waals surface area contributed by atoms with Crippen LogP contribution in [0.3, 0.4) is 0 Å². The van der Waals surface area contributed by atoms with Crippen LogP contribution in [0.5, 0.6) is 5.75 Å². The largest absolute Gasteiger partial charge is 0.476 e. The average Bonchev–Trinajstić information content (AvgIpc) is 3.26. The van der Waals surface area contributed by atoms with Gasteiger partial charge in [-0.05, 0) is 68.3 Å². The van der Waals surface area contributed by atoms with E-state index in [0.717, 1.165) is 11.1 Å². The van der Waals surface area contributed by atoms with Gasteiger partial charge in [0, 0.05) is 16.0 Å². The zero-order valence-electron chi connectivity index (χ0n) is 19.8. The van der Waals surface area contributed by atoms with Gasteiger partial charge in [0.15, 0.2) is 17.5 Å². The van der Waals surface area contributed by atoms with Gasteiger partial charge in [-0.25, -0.2) is 4.98 Å². The number of benzene rings is 2. The molecule has 0 saturated carbocycles. The number of hydrogen-bond donors (Lipinski definition) is 1. The number of aryl methyl sites for hydroxylation is 2. The maximum Gasteiger partial charge on any atom is 0.311 e. The Balaban J connectivity index is 1.58. The molecule has 2 aromatic heterocycles. The van der Waals surface area contributed by atoms with Crippen LogP contribution >= 0.6 is 22.9 Å². The monoisotopic (exact) mass is 526 g/mol. The Bertz CT molecular complexity index is 1490. The molecule has 1 N–H and O–H groups in total. The molecule has 4 aromatic rings. The lowest BCUT2D eigenvalue weighted by Crippen LogP contribution is -2.22. The first-order valence-corrected chi connectivity index (χ1v) is 12.4. The van der Waals surface area contributed by atoms with Crippen LogP contribution in [0.2, 0.25) is 5.02 Å². The number of halogens is 1. The molecule has 0 aliphatic rings. The second kappa shape index (κ2) is 10.9. The van der Waals surface area contributed by atoms with E-state index < -0.39 is 18.5 Å². The van der Waals surface area contributed by atoms with Crippen LogP contribution in [-0.4, -0.2) is 30.1 Å². The summed E-state index contributed by atoms with van der Waals surface area (Å²) in [5.41, 5.74) is 3.01. The van der Waals surface area contributed by atoms with Gasteiger partial charge in [0.2, 0.25) is 11.2 Å². The molecule has 0 saturated heterocycles. The summed E-state index contributed by atoms with van der Waals surface area (Å²) >= 11 is 7.19. The Morgan fingerprint density at radius 3 is 2.58 bits per heavy atom. The van der Waals surface area contributed by atoms with Crippen LogP contribution in [0.25, 0.3) is 22.3 Å². The lowest BCUT2D eigenvalue weighted by Gasteiger charge is -2.12. The molecule has 10 heteroatoms. The summed E-state index contributed by atoms with van der Waals surface area (Å²) in [6.07, 6.45) is 0.0121. The average molecular weight is 527 g/mol. The van der Waals surface area contributed by atoms with Crippen LogP contribution in [0.1, 0.15) is 23.7 Å². The Kier molecular flexibility index (Phi) is 7.71. The highest BCUT2D eigenvalue weighted by atomic mass is 35.5. The van der Waals surface area contributed by atoms with Gasteiger partial charge in [0.25, 0.3) is 5.91 Å². The number of aromatic nitrogens is 1. The van der Waals surface area contributed by atoms with Crippen molar-refractivity contribution in [3.05, 3.63) is 73.8 Å². The van der Waals surface area contributed by atoms with E-state index in [0.29, 0.717) is 32.4 Å². The van der Waals surface area contributed by atoms with Crippen LogP contribution in [0.15, 0.2) is 51.0 Å². The lowest BCUT2D eigenvalue weighted by molar-refractivity contribution is -0.142. The number of hydrogen-bond acceptors (Lipinski definition) is 8. The molecule has 2 aromatic carbocycles. The lowest BCUT2D eigenvalue weighted by atomic mass is 10.0. The number of ether oxygens (including phenoxy) is 2. The van der Waals surface area contributed by atoms with Gasteiger partial charge in [-0.3, -0.25) is 19.7 Å². The topological polar surface area (TPSA) is 108 Å². The summed E-state index contributed by atoms with van der Waals surface area (Å²) in [7, 11) is 0. The highest BCUT2D eigenvalue weighted by molar-refractivity contribution is 7.13. The molecule has 4 rings (SSSR count). The SMILES string of the molecule is CCOC(=O)Cc1csc(NC(=O)COc2c(-c3ccc(Cl)cc3)oc3cc(C)c(C)cc3c2=O)n1. The molecule has 36 heavy (non-hydrogen) atoms. The van der Waals surface area contributed by atoms with Gasteiger partial charge < -0.3 is 13.9 Å². The van der Waals surface area contributed by atoms with Crippen molar-refractivity contribution in [3.63, 3.8) is 0 Å². The minimum absolute atomic E-state index is 0.0121. The van der Waals surface area contributed by atoms with E-state index in [9.17, 15) is 14.4 Å².